The number of carbonyl (C=O) groups excluding carboxylic acids is 1. The molecule has 0 spiro atoms. The molecule has 1 aromatic carbocycles. The van der Waals surface area contributed by atoms with E-state index in [1.165, 1.54) is 25.0 Å². The smallest absolute Gasteiger partial charge is 0.266 e. The molecular weight excluding hydrogens is 369 g/mol. The van der Waals surface area contributed by atoms with Crippen LogP contribution in [0.25, 0.3) is 0 Å². The number of carbonyl (C=O) groups is 1. The Morgan fingerprint density at radius 3 is 2.34 bits per heavy atom. The lowest BCUT2D eigenvalue weighted by molar-refractivity contribution is -0.135. The van der Waals surface area contributed by atoms with E-state index < -0.39 is 5.41 Å². The second-order valence-corrected chi connectivity index (χ2v) is 8.88. The maximum Gasteiger partial charge on any atom is 0.266 e. The molecule has 3 fully saturated rings. The molecule has 0 radical (unpaired) electrons. The highest BCUT2D eigenvalue weighted by Crippen LogP contribution is 2.50. The maximum absolute atomic E-state index is 13.2. The predicted molar refractivity (Wildman–Crippen MR) is 107 cm³/mol. The molecule has 2 aliphatic carbocycles. The average molecular weight is 395 g/mol. The molecule has 5 rings (SSSR count). The first kappa shape index (κ1) is 18.5. The summed E-state index contributed by atoms with van der Waals surface area (Å²) in [6, 6.07) is 9.88. The molecule has 29 heavy (non-hydrogen) atoms. The minimum absolute atomic E-state index is 0.0406. The van der Waals surface area contributed by atoms with Crippen molar-refractivity contribution in [3.63, 3.8) is 0 Å². The van der Waals surface area contributed by atoms with Crippen LogP contribution >= 0.6 is 0 Å². The molecule has 6 heteroatoms. The molecule has 0 atom stereocenters. The summed E-state index contributed by atoms with van der Waals surface area (Å²) in [7, 11) is 0. The molecule has 0 bridgehead atoms. The first-order valence-electron chi connectivity index (χ1n) is 10.7. The number of hydrogen-bond acceptors (Lipinski definition) is 3. The molecule has 0 N–H and O–H groups in total. The Morgan fingerprint density at radius 2 is 1.72 bits per heavy atom. The zero-order valence-corrected chi connectivity index (χ0v) is 16.5. The van der Waals surface area contributed by atoms with E-state index in [9.17, 15) is 14.0 Å². The highest BCUT2D eigenvalue weighted by Gasteiger charge is 2.53. The van der Waals surface area contributed by atoms with Gasteiger partial charge in [-0.2, -0.15) is 5.10 Å². The van der Waals surface area contributed by atoms with E-state index in [1.54, 1.807) is 22.9 Å². The number of hydrogen-bond donors (Lipinski definition) is 0. The number of likely N-dealkylation sites (tertiary alicyclic amines) is 1. The van der Waals surface area contributed by atoms with Gasteiger partial charge in [0.2, 0.25) is 5.91 Å². The molecule has 0 unspecified atom stereocenters. The van der Waals surface area contributed by atoms with Gasteiger partial charge < -0.3 is 4.90 Å². The zero-order valence-electron chi connectivity index (χ0n) is 16.5. The number of rotatable bonds is 5. The quantitative estimate of drug-likeness (QED) is 0.781. The molecule has 1 saturated heterocycles. The van der Waals surface area contributed by atoms with E-state index in [2.05, 4.69) is 5.10 Å². The standard InChI is InChI=1S/C23H26FN3O2/c24-19-5-3-18(4-6-19)23(11-12-23)22(29)26-13-9-16(10-14-26)15-27-21(28)8-7-20(25-27)17-1-2-17/h3-8,16-17H,1-2,9-15H2. The lowest BCUT2D eigenvalue weighted by Crippen LogP contribution is -2.45. The summed E-state index contributed by atoms with van der Waals surface area (Å²) in [6.07, 6.45) is 5.78. The highest BCUT2D eigenvalue weighted by molar-refractivity contribution is 5.91. The second-order valence-electron chi connectivity index (χ2n) is 8.88. The fourth-order valence-electron chi connectivity index (χ4n) is 4.58. The average Bonchev–Trinajstić information content (AvgIpc) is 3.63. The summed E-state index contributed by atoms with van der Waals surface area (Å²) in [5.74, 6) is 0.795. The van der Waals surface area contributed by atoms with Gasteiger partial charge in [-0.3, -0.25) is 9.59 Å². The normalized spacial score (nSPS) is 21.2. The van der Waals surface area contributed by atoms with Crippen molar-refractivity contribution in [1.29, 1.82) is 0 Å². The largest absolute Gasteiger partial charge is 0.342 e. The van der Waals surface area contributed by atoms with Crippen LogP contribution in [0.2, 0.25) is 0 Å². The lowest BCUT2D eigenvalue weighted by atomic mass is 9.91. The van der Waals surface area contributed by atoms with Gasteiger partial charge in [0.15, 0.2) is 0 Å². The van der Waals surface area contributed by atoms with Gasteiger partial charge in [-0.05, 0) is 68.2 Å². The molecule has 3 aliphatic rings. The Bertz CT molecular complexity index is 968. The van der Waals surface area contributed by atoms with E-state index in [4.69, 9.17) is 0 Å². The van der Waals surface area contributed by atoms with Gasteiger partial charge in [-0.1, -0.05) is 12.1 Å². The molecule has 5 nitrogen and oxygen atoms in total. The van der Waals surface area contributed by atoms with Crippen LogP contribution in [0.5, 0.6) is 0 Å². The zero-order chi connectivity index (χ0) is 20.0. The lowest BCUT2D eigenvalue weighted by Gasteiger charge is -2.34. The van der Waals surface area contributed by atoms with Gasteiger partial charge in [-0.15, -0.1) is 0 Å². The van der Waals surface area contributed by atoms with Crippen molar-refractivity contribution >= 4 is 5.91 Å². The molecule has 1 aliphatic heterocycles. The van der Waals surface area contributed by atoms with Crippen molar-refractivity contribution < 1.29 is 9.18 Å². The van der Waals surface area contributed by atoms with Crippen molar-refractivity contribution in [3.8, 4) is 0 Å². The Kier molecular flexibility index (Phi) is 4.52. The molecule has 1 aromatic heterocycles. The van der Waals surface area contributed by atoms with Crippen LogP contribution in [0.15, 0.2) is 41.2 Å². The van der Waals surface area contributed by atoms with Gasteiger partial charge in [0.1, 0.15) is 5.82 Å². The number of amides is 1. The van der Waals surface area contributed by atoms with E-state index >= 15 is 0 Å². The third-order valence-electron chi connectivity index (χ3n) is 6.77. The van der Waals surface area contributed by atoms with Gasteiger partial charge in [0.25, 0.3) is 5.56 Å². The van der Waals surface area contributed by atoms with Crippen LogP contribution in [-0.2, 0) is 16.8 Å². The fourth-order valence-corrected chi connectivity index (χ4v) is 4.58. The summed E-state index contributed by atoms with van der Waals surface area (Å²) in [6.45, 7) is 2.05. The molecule has 152 valence electrons. The van der Waals surface area contributed by atoms with Crippen LogP contribution in [-0.4, -0.2) is 33.7 Å². The number of nitrogens with zero attached hydrogens (tertiary/aromatic N) is 3. The van der Waals surface area contributed by atoms with Crippen molar-refractivity contribution in [2.45, 2.75) is 56.4 Å². The second kappa shape index (κ2) is 7.08. The summed E-state index contributed by atoms with van der Waals surface area (Å²) in [5, 5.41) is 4.57. The van der Waals surface area contributed by atoms with Crippen molar-refractivity contribution in [3.05, 3.63) is 63.8 Å². The van der Waals surface area contributed by atoms with Gasteiger partial charge in [-0.25, -0.2) is 9.07 Å². The minimum atomic E-state index is -0.447. The summed E-state index contributed by atoms with van der Waals surface area (Å²) < 4.78 is 14.9. The molecule has 1 amide bonds. The minimum Gasteiger partial charge on any atom is -0.342 e. The van der Waals surface area contributed by atoms with Crippen molar-refractivity contribution in [1.82, 2.24) is 14.7 Å². The first-order valence-corrected chi connectivity index (χ1v) is 10.7. The van der Waals surface area contributed by atoms with E-state index in [1.807, 2.05) is 11.0 Å². The van der Waals surface area contributed by atoms with Crippen molar-refractivity contribution in [2.75, 3.05) is 13.1 Å². The number of benzene rings is 1. The van der Waals surface area contributed by atoms with E-state index in [0.717, 1.165) is 36.9 Å². The third kappa shape index (κ3) is 3.61. The van der Waals surface area contributed by atoms with Crippen molar-refractivity contribution in [2.24, 2.45) is 5.92 Å². The Hall–Kier alpha value is -2.50. The molecule has 2 aromatic rings. The Labute approximate surface area is 169 Å². The number of halogens is 1. The maximum atomic E-state index is 13.2. The van der Waals surface area contributed by atoms with Crippen LogP contribution in [0.3, 0.4) is 0 Å². The van der Waals surface area contributed by atoms with Gasteiger partial charge >= 0.3 is 0 Å². The van der Waals surface area contributed by atoms with Crippen LogP contribution in [0.4, 0.5) is 4.39 Å². The molecule has 2 saturated carbocycles. The SMILES string of the molecule is O=C(N1CCC(Cn2nc(C3CC3)ccc2=O)CC1)C1(c2ccc(F)cc2)CC1. The molecule has 2 heterocycles. The van der Waals surface area contributed by atoms with E-state index in [0.29, 0.717) is 31.5 Å². The van der Waals surface area contributed by atoms with Crippen LogP contribution in [0, 0.1) is 11.7 Å². The summed E-state index contributed by atoms with van der Waals surface area (Å²) >= 11 is 0. The Balaban J connectivity index is 1.22. The highest BCUT2D eigenvalue weighted by atomic mass is 19.1. The summed E-state index contributed by atoms with van der Waals surface area (Å²) in [5.41, 5.74) is 1.48. The number of piperidine rings is 1. The number of aromatic nitrogens is 2. The van der Waals surface area contributed by atoms with Gasteiger partial charge in [0, 0.05) is 31.6 Å². The van der Waals surface area contributed by atoms with Gasteiger partial charge in [0.05, 0.1) is 11.1 Å². The fraction of sp³-hybridized carbons (Fsp3) is 0.522. The topological polar surface area (TPSA) is 55.2 Å². The van der Waals surface area contributed by atoms with Crippen LogP contribution in [0.1, 0.15) is 55.7 Å². The first-order chi connectivity index (χ1) is 14.0. The van der Waals surface area contributed by atoms with E-state index in [-0.39, 0.29) is 17.3 Å². The third-order valence-corrected chi connectivity index (χ3v) is 6.77. The van der Waals surface area contributed by atoms with Crippen LogP contribution < -0.4 is 5.56 Å². The predicted octanol–water partition coefficient (Wildman–Crippen LogP) is 3.23. The monoisotopic (exact) mass is 395 g/mol. The Morgan fingerprint density at radius 1 is 1.03 bits per heavy atom. The summed E-state index contributed by atoms with van der Waals surface area (Å²) in [4.78, 5) is 27.3. The molecular formula is C23H26FN3O2.